The van der Waals surface area contributed by atoms with E-state index in [-0.39, 0.29) is 4.90 Å². The van der Waals surface area contributed by atoms with Crippen LogP contribution < -0.4 is 5.14 Å². The molecule has 2 rings (SSSR count). The second-order valence-corrected chi connectivity index (χ2v) is 7.41. The van der Waals surface area contributed by atoms with Gasteiger partial charge in [0.25, 0.3) is 0 Å². The van der Waals surface area contributed by atoms with E-state index in [1.807, 2.05) is 4.68 Å². The molecule has 1 aliphatic rings. The van der Waals surface area contributed by atoms with Crippen molar-refractivity contribution in [1.29, 1.82) is 0 Å². The van der Waals surface area contributed by atoms with Gasteiger partial charge in [0.1, 0.15) is 4.90 Å². The van der Waals surface area contributed by atoms with Gasteiger partial charge < -0.3 is 0 Å². The van der Waals surface area contributed by atoms with Crippen LogP contribution in [0.1, 0.15) is 50.5 Å². The number of aryl methyl sites for hydroxylation is 1. The van der Waals surface area contributed by atoms with Crippen molar-refractivity contribution in [3.05, 3.63) is 11.4 Å². The quantitative estimate of drug-likeness (QED) is 0.904. The molecule has 1 aromatic rings. The largest absolute Gasteiger partial charge is 0.265 e. The molecule has 0 amide bonds. The Morgan fingerprint density at radius 1 is 1.21 bits per heavy atom. The standard InChI is InChI=1S/C13H23N3O2S/c1-8-5-6-12(7-9(8)2)16-11(4)13(10(3)15-16)19(14,17)18/h8-9,12H,5-7H2,1-4H3,(H2,14,17,18). The molecule has 5 nitrogen and oxygen atoms in total. The van der Waals surface area contributed by atoms with Gasteiger partial charge in [0.15, 0.2) is 0 Å². The van der Waals surface area contributed by atoms with Crippen molar-refractivity contribution in [2.75, 3.05) is 0 Å². The molecule has 19 heavy (non-hydrogen) atoms. The number of hydrogen-bond donors (Lipinski definition) is 1. The van der Waals surface area contributed by atoms with Crippen molar-refractivity contribution in [2.45, 2.75) is 57.9 Å². The molecule has 1 aromatic heterocycles. The molecule has 0 radical (unpaired) electrons. The number of sulfonamides is 1. The van der Waals surface area contributed by atoms with Crippen LogP contribution >= 0.6 is 0 Å². The highest BCUT2D eigenvalue weighted by molar-refractivity contribution is 7.89. The van der Waals surface area contributed by atoms with E-state index < -0.39 is 10.0 Å². The van der Waals surface area contributed by atoms with Crippen LogP contribution in [0.3, 0.4) is 0 Å². The Kier molecular flexibility index (Phi) is 3.75. The molecule has 108 valence electrons. The van der Waals surface area contributed by atoms with Gasteiger partial charge in [-0.3, -0.25) is 4.68 Å². The molecule has 6 heteroatoms. The predicted molar refractivity (Wildman–Crippen MR) is 74.3 cm³/mol. The van der Waals surface area contributed by atoms with E-state index in [4.69, 9.17) is 5.14 Å². The number of nitrogens with zero attached hydrogens (tertiary/aromatic N) is 2. The summed E-state index contributed by atoms with van der Waals surface area (Å²) < 4.78 is 25.1. The molecule has 1 fully saturated rings. The SMILES string of the molecule is Cc1nn(C2CCC(C)C(C)C2)c(C)c1S(N)(=O)=O. The minimum absolute atomic E-state index is 0.193. The van der Waals surface area contributed by atoms with Gasteiger partial charge in [-0.05, 0) is 44.9 Å². The van der Waals surface area contributed by atoms with Crippen LogP contribution in [-0.4, -0.2) is 18.2 Å². The van der Waals surface area contributed by atoms with Crippen molar-refractivity contribution in [3.8, 4) is 0 Å². The minimum atomic E-state index is -3.69. The zero-order valence-corrected chi connectivity index (χ0v) is 12.9. The Labute approximate surface area is 115 Å². The maximum Gasteiger partial charge on any atom is 0.241 e. The first-order valence-corrected chi connectivity index (χ1v) is 8.35. The Balaban J connectivity index is 2.38. The summed E-state index contributed by atoms with van der Waals surface area (Å²) in [5.41, 5.74) is 1.18. The second-order valence-electron chi connectivity index (χ2n) is 5.91. The van der Waals surface area contributed by atoms with Gasteiger partial charge in [-0.15, -0.1) is 0 Å². The summed E-state index contributed by atoms with van der Waals surface area (Å²) in [4.78, 5) is 0.193. The van der Waals surface area contributed by atoms with E-state index in [2.05, 4.69) is 18.9 Å². The molecule has 1 heterocycles. The lowest BCUT2D eigenvalue weighted by Gasteiger charge is -2.32. The Bertz CT molecular complexity index is 577. The molecule has 0 aromatic carbocycles. The molecule has 1 saturated carbocycles. The average Bonchev–Trinajstić information content (AvgIpc) is 2.57. The summed E-state index contributed by atoms with van der Waals surface area (Å²) in [6, 6.07) is 0.292. The third kappa shape index (κ3) is 2.69. The first-order chi connectivity index (χ1) is 8.71. The Hall–Kier alpha value is -0.880. The van der Waals surface area contributed by atoms with Crippen LogP contribution in [0.2, 0.25) is 0 Å². The molecule has 0 spiro atoms. The predicted octanol–water partition coefficient (Wildman–Crippen LogP) is 2.14. The lowest BCUT2D eigenvalue weighted by atomic mass is 9.79. The molecule has 1 aliphatic carbocycles. The lowest BCUT2D eigenvalue weighted by Crippen LogP contribution is -2.25. The fraction of sp³-hybridized carbons (Fsp3) is 0.769. The first kappa shape index (κ1) is 14.5. The summed E-state index contributed by atoms with van der Waals surface area (Å²) in [6.07, 6.45) is 3.26. The minimum Gasteiger partial charge on any atom is -0.265 e. The average molecular weight is 285 g/mol. The normalized spacial score (nSPS) is 28.6. The summed E-state index contributed by atoms with van der Waals surface area (Å²) in [5.74, 6) is 1.37. The van der Waals surface area contributed by atoms with Crippen molar-refractivity contribution in [2.24, 2.45) is 17.0 Å². The molecular formula is C13H23N3O2S. The van der Waals surface area contributed by atoms with E-state index in [0.717, 1.165) is 25.2 Å². The van der Waals surface area contributed by atoms with E-state index in [9.17, 15) is 8.42 Å². The first-order valence-electron chi connectivity index (χ1n) is 6.80. The fourth-order valence-corrected chi connectivity index (χ4v) is 4.11. The van der Waals surface area contributed by atoms with Crippen LogP contribution in [0.4, 0.5) is 0 Å². The van der Waals surface area contributed by atoms with E-state index in [0.29, 0.717) is 23.3 Å². The molecule has 2 N–H and O–H groups in total. The van der Waals surface area contributed by atoms with E-state index in [1.54, 1.807) is 13.8 Å². The second kappa shape index (κ2) is 4.90. The number of hydrogen-bond acceptors (Lipinski definition) is 3. The Morgan fingerprint density at radius 3 is 2.32 bits per heavy atom. The van der Waals surface area contributed by atoms with Crippen molar-refractivity contribution < 1.29 is 8.42 Å². The van der Waals surface area contributed by atoms with Gasteiger partial charge in [-0.1, -0.05) is 13.8 Å². The molecule has 0 saturated heterocycles. The summed E-state index contributed by atoms with van der Waals surface area (Å²) >= 11 is 0. The lowest BCUT2D eigenvalue weighted by molar-refractivity contribution is 0.198. The molecule has 3 unspecified atom stereocenters. The van der Waals surface area contributed by atoms with Gasteiger partial charge in [0, 0.05) is 0 Å². The third-order valence-electron chi connectivity index (χ3n) is 4.46. The zero-order chi connectivity index (χ0) is 14.4. The van der Waals surface area contributed by atoms with Crippen LogP contribution in [-0.2, 0) is 10.0 Å². The van der Waals surface area contributed by atoms with Gasteiger partial charge in [0.05, 0.1) is 17.4 Å². The van der Waals surface area contributed by atoms with Crippen LogP contribution in [0.5, 0.6) is 0 Å². The van der Waals surface area contributed by atoms with Crippen LogP contribution in [0, 0.1) is 25.7 Å². The highest BCUT2D eigenvalue weighted by Crippen LogP contribution is 2.37. The van der Waals surface area contributed by atoms with Crippen molar-refractivity contribution >= 4 is 10.0 Å². The third-order valence-corrected chi connectivity index (χ3v) is 5.62. The van der Waals surface area contributed by atoms with E-state index >= 15 is 0 Å². The van der Waals surface area contributed by atoms with Crippen LogP contribution in [0.15, 0.2) is 4.90 Å². The van der Waals surface area contributed by atoms with Gasteiger partial charge in [0.2, 0.25) is 10.0 Å². The zero-order valence-electron chi connectivity index (χ0n) is 12.0. The number of primary sulfonamides is 1. The molecular weight excluding hydrogens is 262 g/mol. The van der Waals surface area contributed by atoms with Gasteiger partial charge in [-0.25, -0.2) is 13.6 Å². The molecule has 3 atom stereocenters. The smallest absolute Gasteiger partial charge is 0.241 e. The molecule has 0 aliphatic heterocycles. The molecule has 0 bridgehead atoms. The fourth-order valence-electron chi connectivity index (χ4n) is 3.16. The van der Waals surface area contributed by atoms with Crippen LogP contribution in [0.25, 0.3) is 0 Å². The number of aromatic nitrogens is 2. The number of rotatable bonds is 2. The van der Waals surface area contributed by atoms with Crippen molar-refractivity contribution in [1.82, 2.24) is 9.78 Å². The monoisotopic (exact) mass is 285 g/mol. The Morgan fingerprint density at radius 2 is 1.84 bits per heavy atom. The summed E-state index contributed by atoms with van der Waals surface area (Å²) in [6.45, 7) is 8.03. The summed E-state index contributed by atoms with van der Waals surface area (Å²) in [7, 11) is -3.69. The highest BCUT2D eigenvalue weighted by atomic mass is 32.2. The topological polar surface area (TPSA) is 78.0 Å². The maximum absolute atomic E-state index is 11.6. The maximum atomic E-state index is 11.6. The van der Waals surface area contributed by atoms with Gasteiger partial charge in [-0.2, -0.15) is 5.10 Å². The number of nitrogens with two attached hydrogens (primary N) is 1. The van der Waals surface area contributed by atoms with Gasteiger partial charge >= 0.3 is 0 Å². The summed E-state index contributed by atoms with van der Waals surface area (Å²) in [5, 5.41) is 9.69. The van der Waals surface area contributed by atoms with Crippen molar-refractivity contribution in [3.63, 3.8) is 0 Å². The highest BCUT2D eigenvalue weighted by Gasteiger charge is 2.30. The van der Waals surface area contributed by atoms with E-state index in [1.165, 1.54) is 0 Å².